The number of hydrogen-bond donors (Lipinski definition) is 1. The van der Waals surface area contributed by atoms with Crippen molar-refractivity contribution in [2.75, 3.05) is 7.11 Å². The van der Waals surface area contributed by atoms with E-state index in [1.807, 2.05) is 60.3 Å². The maximum Gasteiger partial charge on any atom is 0.221 e. The van der Waals surface area contributed by atoms with E-state index >= 15 is 0 Å². The Balaban J connectivity index is 1.45. The van der Waals surface area contributed by atoms with Gasteiger partial charge in [-0.05, 0) is 29.8 Å². The molecule has 0 radical (unpaired) electrons. The van der Waals surface area contributed by atoms with Crippen molar-refractivity contribution in [3.8, 4) is 17.1 Å². The van der Waals surface area contributed by atoms with E-state index in [1.165, 1.54) is 0 Å². The van der Waals surface area contributed by atoms with Crippen molar-refractivity contribution in [2.24, 2.45) is 7.05 Å². The molecule has 7 nitrogen and oxygen atoms in total. The van der Waals surface area contributed by atoms with Crippen LogP contribution in [0.15, 0.2) is 71.5 Å². The average Bonchev–Trinajstić information content (AvgIpc) is 3.45. The number of ether oxygens (including phenoxy) is 1. The molecule has 0 aliphatic carbocycles. The molecule has 1 N–H and O–H groups in total. The van der Waals surface area contributed by atoms with Crippen LogP contribution in [0.25, 0.3) is 11.3 Å². The summed E-state index contributed by atoms with van der Waals surface area (Å²) in [5.74, 6) is 2.41. The number of oxazole rings is 1. The van der Waals surface area contributed by atoms with E-state index in [2.05, 4.69) is 15.3 Å². The number of nitrogens with zero attached hydrogens (tertiary/aromatic N) is 3. The number of carbonyl (C=O) groups excluding carboxylic acids is 1. The lowest BCUT2D eigenvalue weighted by Crippen LogP contribution is -2.31. The van der Waals surface area contributed by atoms with E-state index in [9.17, 15) is 4.79 Å². The first-order valence-electron chi connectivity index (χ1n) is 10.2. The number of methoxy groups -OCH3 is 1. The Morgan fingerprint density at radius 1 is 1.19 bits per heavy atom. The SMILES string of the molecule is COc1ccc(C(NC(=O)CCc2ncc(-c3ccccc3Cl)o2)c2nccn2C)cc1. The molecule has 4 rings (SSSR count). The van der Waals surface area contributed by atoms with Gasteiger partial charge in [-0.3, -0.25) is 4.79 Å². The molecule has 0 bridgehead atoms. The largest absolute Gasteiger partial charge is 0.497 e. The van der Waals surface area contributed by atoms with Gasteiger partial charge in [0.1, 0.15) is 17.6 Å². The molecule has 0 aliphatic heterocycles. The maximum atomic E-state index is 12.8. The van der Waals surface area contributed by atoms with Gasteiger partial charge in [0, 0.05) is 37.8 Å². The van der Waals surface area contributed by atoms with Crippen LogP contribution in [0.2, 0.25) is 5.02 Å². The molecular formula is C24H23ClN4O3. The van der Waals surface area contributed by atoms with Gasteiger partial charge in [-0.1, -0.05) is 35.9 Å². The standard InChI is InChI=1S/C24H23ClN4O3/c1-29-14-13-26-24(29)23(16-7-9-17(31-2)10-8-16)28-21(30)11-12-22-27-15-20(32-22)18-5-3-4-6-19(18)25/h3-10,13-15,23H,11-12H2,1-2H3,(H,28,30). The highest BCUT2D eigenvalue weighted by Crippen LogP contribution is 2.28. The molecule has 0 fully saturated rings. The Morgan fingerprint density at radius 2 is 1.97 bits per heavy atom. The Hall–Kier alpha value is -3.58. The van der Waals surface area contributed by atoms with E-state index in [0.29, 0.717) is 23.1 Å². The minimum absolute atomic E-state index is 0.133. The monoisotopic (exact) mass is 450 g/mol. The third-order valence-electron chi connectivity index (χ3n) is 5.13. The Labute approximate surface area is 191 Å². The van der Waals surface area contributed by atoms with Crippen molar-refractivity contribution in [2.45, 2.75) is 18.9 Å². The second-order valence-electron chi connectivity index (χ2n) is 7.27. The fraction of sp³-hybridized carbons (Fsp3) is 0.208. The van der Waals surface area contributed by atoms with Crippen molar-refractivity contribution in [3.05, 3.63) is 89.4 Å². The molecule has 32 heavy (non-hydrogen) atoms. The smallest absolute Gasteiger partial charge is 0.221 e. The van der Waals surface area contributed by atoms with Crippen LogP contribution in [0.3, 0.4) is 0 Å². The molecule has 0 spiro atoms. The predicted molar refractivity (Wildman–Crippen MR) is 121 cm³/mol. The minimum atomic E-state index is -0.392. The molecule has 164 valence electrons. The van der Waals surface area contributed by atoms with Crippen LogP contribution in [0.4, 0.5) is 0 Å². The summed E-state index contributed by atoms with van der Waals surface area (Å²) in [7, 11) is 3.51. The van der Waals surface area contributed by atoms with Gasteiger partial charge in [-0.25, -0.2) is 9.97 Å². The van der Waals surface area contributed by atoms with Gasteiger partial charge >= 0.3 is 0 Å². The van der Waals surface area contributed by atoms with E-state index in [0.717, 1.165) is 22.7 Å². The van der Waals surface area contributed by atoms with E-state index in [4.69, 9.17) is 20.8 Å². The summed E-state index contributed by atoms with van der Waals surface area (Å²) < 4.78 is 12.9. The van der Waals surface area contributed by atoms with Crippen molar-refractivity contribution >= 4 is 17.5 Å². The lowest BCUT2D eigenvalue weighted by Gasteiger charge is -2.19. The topological polar surface area (TPSA) is 82.2 Å². The van der Waals surface area contributed by atoms with Gasteiger partial charge < -0.3 is 19.0 Å². The molecule has 0 saturated carbocycles. The van der Waals surface area contributed by atoms with Crippen LogP contribution in [0.1, 0.15) is 29.7 Å². The van der Waals surface area contributed by atoms with Gasteiger partial charge in [0.15, 0.2) is 11.7 Å². The fourth-order valence-corrected chi connectivity index (χ4v) is 3.64. The van der Waals surface area contributed by atoms with Crippen LogP contribution >= 0.6 is 11.6 Å². The van der Waals surface area contributed by atoms with Gasteiger partial charge in [0.2, 0.25) is 5.91 Å². The highest BCUT2D eigenvalue weighted by Gasteiger charge is 2.21. The molecule has 8 heteroatoms. The third-order valence-corrected chi connectivity index (χ3v) is 5.46. The Kier molecular flexibility index (Phi) is 6.56. The zero-order valence-corrected chi connectivity index (χ0v) is 18.5. The first kappa shape index (κ1) is 21.6. The van der Waals surface area contributed by atoms with Gasteiger partial charge in [-0.15, -0.1) is 0 Å². The summed E-state index contributed by atoms with van der Waals surface area (Å²) in [5, 5.41) is 3.67. The number of rotatable bonds is 8. The lowest BCUT2D eigenvalue weighted by atomic mass is 10.1. The summed E-state index contributed by atoms with van der Waals surface area (Å²) in [6.45, 7) is 0. The highest BCUT2D eigenvalue weighted by molar-refractivity contribution is 6.33. The first-order valence-corrected chi connectivity index (χ1v) is 10.5. The van der Waals surface area contributed by atoms with E-state index in [-0.39, 0.29) is 12.3 Å². The number of aromatic nitrogens is 3. The van der Waals surface area contributed by atoms with Crippen molar-refractivity contribution < 1.29 is 13.9 Å². The normalized spacial score (nSPS) is 11.8. The second kappa shape index (κ2) is 9.70. The summed E-state index contributed by atoms with van der Waals surface area (Å²) >= 11 is 6.22. The molecule has 1 amide bonds. The number of carbonyl (C=O) groups is 1. The fourth-order valence-electron chi connectivity index (χ4n) is 3.41. The van der Waals surface area contributed by atoms with Crippen molar-refractivity contribution in [3.63, 3.8) is 0 Å². The minimum Gasteiger partial charge on any atom is -0.497 e. The Morgan fingerprint density at radius 3 is 2.66 bits per heavy atom. The van der Waals surface area contributed by atoms with Crippen LogP contribution in [0, 0.1) is 0 Å². The number of imidazole rings is 1. The van der Waals surface area contributed by atoms with Gasteiger partial charge in [-0.2, -0.15) is 0 Å². The molecule has 2 heterocycles. The third kappa shape index (κ3) is 4.84. The molecule has 2 aromatic carbocycles. The van der Waals surface area contributed by atoms with Crippen molar-refractivity contribution in [1.82, 2.24) is 19.9 Å². The lowest BCUT2D eigenvalue weighted by molar-refractivity contribution is -0.121. The number of amides is 1. The molecule has 0 aliphatic rings. The number of aryl methyl sites for hydroxylation is 2. The van der Waals surface area contributed by atoms with E-state index < -0.39 is 6.04 Å². The molecular weight excluding hydrogens is 428 g/mol. The summed E-state index contributed by atoms with van der Waals surface area (Å²) in [6.07, 6.45) is 5.77. The maximum absolute atomic E-state index is 12.8. The first-order chi connectivity index (χ1) is 15.5. The van der Waals surface area contributed by atoms with Gasteiger partial charge in [0.05, 0.1) is 18.3 Å². The average molecular weight is 451 g/mol. The number of hydrogen-bond acceptors (Lipinski definition) is 5. The van der Waals surface area contributed by atoms with Crippen LogP contribution in [-0.2, 0) is 18.3 Å². The number of nitrogens with one attached hydrogen (secondary N) is 1. The molecule has 1 unspecified atom stereocenters. The molecule has 0 saturated heterocycles. The summed E-state index contributed by atoms with van der Waals surface area (Å²) in [4.78, 5) is 21.5. The molecule has 2 aromatic heterocycles. The Bertz CT molecular complexity index is 1200. The van der Waals surface area contributed by atoms with Gasteiger partial charge in [0.25, 0.3) is 0 Å². The number of benzene rings is 2. The predicted octanol–water partition coefficient (Wildman–Crippen LogP) is 4.58. The zero-order valence-electron chi connectivity index (χ0n) is 17.8. The second-order valence-corrected chi connectivity index (χ2v) is 7.68. The van der Waals surface area contributed by atoms with Crippen LogP contribution < -0.4 is 10.1 Å². The van der Waals surface area contributed by atoms with Crippen molar-refractivity contribution in [1.29, 1.82) is 0 Å². The molecule has 1 atom stereocenters. The zero-order chi connectivity index (χ0) is 22.5. The van der Waals surface area contributed by atoms with E-state index in [1.54, 1.807) is 25.6 Å². The molecule has 4 aromatic rings. The quantitative estimate of drug-likeness (QED) is 0.425. The highest BCUT2D eigenvalue weighted by atomic mass is 35.5. The van der Waals surface area contributed by atoms with Crippen LogP contribution in [-0.4, -0.2) is 27.6 Å². The van der Waals surface area contributed by atoms with Crippen LogP contribution in [0.5, 0.6) is 5.75 Å². The number of halogens is 1. The summed E-state index contributed by atoms with van der Waals surface area (Å²) in [6, 6.07) is 14.6. The summed E-state index contributed by atoms with van der Waals surface area (Å²) in [5.41, 5.74) is 1.68.